The van der Waals surface area contributed by atoms with E-state index < -0.39 is 5.91 Å². The number of hydrogen-bond acceptors (Lipinski definition) is 3. The third-order valence-corrected chi connectivity index (χ3v) is 4.62. The van der Waals surface area contributed by atoms with Gasteiger partial charge in [-0.3, -0.25) is 4.79 Å². The van der Waals surface area contributed by atoms with Gasteiger partial charge in [0.25, 0.3) is 5.91 Å². The Morgan fingerprint density at radius 3 is 2.43 bits per heavy atom. The van der Waals surface area contributed by atoms with Crippen LogP contribution in [0.1, 0.15) is 11.1 Å². The average Bonchev–Trinajstić information content (AvgIpc) is 2.75. The van der Waals surface area contributed by atoms with Gasteiger partial charge in [0.05, 0.1) is 10.7 Å². The molecule has 7 heteroatoms. The van der Waals surface area contributed by atoms with E-state index in [1.54, 1.807) is 48.5 Å². The molecule has 0 radical (unpaired) electrons. The molecule has 4 nitrogen and oxygen atoms in total. The Hall–Kier alpha value is -3.33. The Bertz CT molecular complexity index is 1120. The molecule has 0 saturated heterocycles. The second kappa shape index (κ2) is 9.93. The van der Waals surface area contributed by atoms with Gasteiger partial charge in [0.15, 0.2) is 0 Å². The number of carbonyl (C=O) groups excluding carboxylic acids is 1. The first-order chi connectivity index (χ1) is 14.4. The summed E-state index contributed by atoms with van der Waals surface area (Å²) in [5, 5.41) is 12.7. The maximum absolute atomic E-state index is 12.9. The highest BCUT2D eigenvalue weighted by Crippen LogP contribution is 2.26. The molecule has 1 N–H and O–H groups in total. The van der Waals surface area contributed by atoms with Gasteiger partial charge in [-0.05, 0) is 59.7 Å². The van der Waals surface area contributed by atoms with Crippen molar-refractivity contribution in [3.8, 4) is 11.8 Å². The van der Waals surface area contributed by atoms with Crippen molar-refractivity contribution in [3.05, 3.63) is 99.3 Å². The van der Waals surface area contributed by atoms with Crippen LogP contribution in [-0.2, 0) is 11.4 Å². The van der Waals surface area contributed by atoms with Crippen LogP contribution in [0, 0.1) is 17.1 Å². The molecule has 150 valence electrons. The number of nitriles is 1. The maximum Gasteiger partial charge on any atom is 0.266 e. The number of benzene rings is 3. The zero-order valence-electron chi connectivity index (χ0n) is 15.5. The van der Waals surface area contributed by atoms with Gasteiger partial charge in [0, 0.05) is 5.02 Å². The van der Waals surface area contributed by atoms with Gasteiger partial charge in [0.1, 0.15) is 29.8 Å². The Kier molecular flexibility index (Phi) is 7.08. The molecule has 3 aromatic rings. The highest BCUT2D eigenvalue weighted by molar-refractivity contribution is 6.36. The van der Waals surface area contributed by atoms with Crippen molar-refractivity contribution in [2.45, 2.75) is 6.61 Å². The second-order valence-corrected chi connectivity index (χ2v) is 7.08. The van der Waals surface area contributed by atoms with Crippen molar-refractivity contribution >= 4 is 40.9 Å². The summed E-state index contributed by atoms with van der Waals surface area (Å²) in [6.45, 7) is 0.293. The lowest BCUT2D eigenvalue weighted by atomic mass is 10.1. The summed E-state index contributed by atoms with van der Waals surface area (Å²) >= 11 is 12.0. The van der Waals surface area contributed by atoms with Gasteiger partial charge in [0.2, 0.25) is 0 Å². The van der Waals surface area contributed by atoms with Crippen LogP contribution >= 0.6 is 23.2 Å². The van der Waals surface area contributed by atoms with E-state index in [2.05, 4.69) is 5.32 Å². The van der Waals surface area contributed by atoms with E-state index in [1.165, 1.54) is 24.3 Å². The monoisotopic (exact) mass is 440 g/mol. The van der Waals surface area contributed by atoms with Crippen LogP contribution in [0.4, 0.5) is 10.1 Å². The molecule has 0 heterocycles. The van der Waals surface area contributed by atoms with Crippen molar-refractivity contribution in [2.24, 2.45) is 0 Å². The minimum atomic E-state index is -0.599. The van der Waals surface area contributed by atoms with Crippen LogP contribution in [0.3, 0.4) is 0 Å². The van der Waals surface area contributed by atoms with Gasteiger partial charge in [-0.25, -0.2) is 4.39 Å². The molecule has 30 heavy (non-hydrogen) atoms. The fourth-order valence-electron chi connectivity index (χ4n) is 2.51. The molecule has 0 aliphatic heterocycles. The summed E-state index contributed by atoms with van der Waals surface area (Å²) < 4.78 is 18.6. The molecule has 1 amide bonds. The molecule has 0 atom stereocenters. The van der Waals surface area contributed by atoms with Crippen LogP contribution in [0.15, 0.2) is 72.3 Å². The third kappa shape index (κ3) is 5.84. The van der Waals surface area contributed by atoms with E-state index in [0.29, 0.717) is 33.7 Å². The van der Waals surface area contributed by atoms with Crippen LogP contribution in [0.25, 0.3) is 6.08 Å². The highest BCUT2D eigenvalue weighted by atomic mass is 35.5. The van der Waals surface area contributed by atoms with Crippen LogP contribution in [0.5, 0.6) is 5.75 Å². The lowest BCUT2D eigenvalue weighted by Crippen LogP contribution is -2.13. The third-order valence-electron chi connectivity index (χ3n) is 4.05. The van der Waals surface area contributed by atoms with Crippen molar-refractivity contribution < 1.29 is 13.9 Å². The smallest absolute Gasteiger partial charge is 0.266 e. The number of ether oxygens (including phenoxy) is 1. The molecule has 0 aromatic heterocycles. The van der Waals surface area contributed by atoms with Crippen LogP contribution in [-0.4, -0.2) is 5.91 Å². The first-order valence-corrected chi connectivity index (χ1v) is 9.56. The zero-order valence-corrected chi connectivity index (χ0v) is 17.0. The second-order valence-electron chi connectivity index (χ2n) is 6.23. The number of carbonyl (C=O) groups is 1. The van der Waals surface area contributed by atoms with E-state index in [4.69, 9.17) is 27.9 Å². The van der Waals surface area contributed by atoms with E-state index in [-0.39, 0.29) is 11.4 Å². The summed E-state index contributed by atoms with van der Waals surface area (Å²) in [4.78, 5) is 12.4. The van der Waals surface area contributed by atoms with Crippen LogP contribution in [0.2, 0.25) is 10.0 Å². The molecule has 0 fully saturated rings. The summed E-state index contributed by atoms with van der Waals surface area (Å²) in [7, 11) is 0. The molecule has 0 spiro atoms. The number of nitrogens with one attached hydrogen (secondary N) is 1. The fraction of sp³-hybridized carbons (Fsp3) is 0.0435. The van der Waals surface area contributed by atoms with Crippen molar-refractivity contribution in [1.29, 1.82) is 5.26 Å². The normalized spacial score (nSPS) is 10.9. The van der Waals surface area contributed by atoms with Gasteiger partial charge in [-0.2, -0.15) is 5.26 Å². The Balaban J connectivity index is 1.66. The Morgan fingerprint density at radius 1 is 1.07 bits per heavy atom. The largest absolute Gasteiger partial charge is 0.489 e. The molecule has 3 aromatic carbocycles. The Morgan fingerprint density at radius 2 is 1.77 bits per heavy atom. The molecule has 3 rings (SSSR count). The summed E-state index contributed by atoms with van der Waals surface area (Å²) in [6.07, 6.45) is 1.46. The predicted molar refractivity (Wildman–Crippen MR) is 116 cm³/mol. The number of hydrogen-bond donors (Lipinski definition) is 1. The predicted octanol–water partition coefficient (Wildman–Crippen LogP) is 6.26. The zero-order chi connectivity index (χ0) is 21.5. The van der Waals surface area contributed by atoms with E-state index in [0.717, 1.165) is 5.56 Å². The topological polar surface area (TPSA) is 62.1 Å². The van der Waals surface area contributed by atoms with Crippen molar-refractivity contribution in [1.82, 2.24) is 0 Å². The van der Waals surface area contributed by atoms with Crippen molar-refractivity contribution in [3.63, 3.8) is 0 Å². The number of rotatable bonds is 6. The first kappa shape index (κ1) is 21.4. The summed E-state index contributed by atoms with van der Waals surface area (Å²) in [6, 6.07) is 19.5. The van der Waals surface area contributed by atoms with E-state index in [9.17, 15) is 14.4 Å². The fourth-order valence-corrected chi connectivity index (χ4v) is 2.84. The summed E-state index contributed by atoms with van der Waals surface area (Å²) in [5.74, 6) is -0.298. The minimum Gasteiger partial charge on any atom is -0.489 e. The number of halogens is 3. The molecular weight excluding hydrogens is 426 g/mol. The standard InChI is InChI=1S/C23H15Cl2FN2O2/c24-18-5-10-21(25)22(12-18)28-23(29)17(13-27)11-15-3-8-20(9-4-15)30-14-16-1-6-19(26)7-2-16/h1-12H,14H2,(H,28,29)/b17-11+. The molecule has 0 aliphatic carbocycles. The van der Waals surface area contributed by atoms with Gasteiger partial charge in [-0.1, -0.05) is 47.5 Å². The quantitative estimate of drug-likeness (QED) is 0.363. The SMILES string of the molecule is N#C/C(=C\c1ccc(OCc2ccc(F)cc2)cc1)C(=O)Nc1cc(Cl)ccc1Cl. The molecule has 0 saturated carbocycles. The number of amides is 1. The minimum absolute atomic E-state index is 0.0916. The van der Waals surface area contributed by atoms with E-state index in [1.807, 2.05) is 6.07 Å². The summed E-state index contributed by atoms with van der Waals surface area (Å²) in [5.41, 5.74) is 1.71. The lowest BCUT2D eigenvalue weighted by Gasteiger charge is -2.08. The molecular formula is C23H15Cl2FN2O2. The van der Waals surface area contributed by atoms with Gasteiger partial charge in [-0.15, -0.1) is 0 Å². The lowest BCUT2D eigenvalue weighted by molar-refractivity contribution is -0.112. The number of nitrogens with zero attached hydrogens (tertiary/aromatic N) is 1. The van der Waals surface area contributed by atoms with Crippen LogP contribution < -0.4 is 10.1 Å². The average molecular weight is 441 g/mol. The number of anilines is 1. The highest BCUT2D eigenvalue weighted by Gasteiger charge is 2.12. The van der Waals surface area contributed by atoms with Gasteiger partial charge < -0.3 is 10.1 Å². The van der Waals surface area contributed by atoms with E-state index >= 15 is 0 Å². The van der Waals surface area contributed by atoms with Crippen molar-refractivity contribution in [2.75, 3.05) is 5.32 Å². The van der Waals surface area contributed by atoms with Gasteiger partial charge >= 0.3 is 0 Å². The Labute approximate surface area is 183 Å². The molecule has 0 unspecified atom stereocenters. The molecule has 0 bridgehead atoms. The first-order valence-electron chi connectivity index (χ1n) is 8.80. The molecule has 0 aliphatic rings. The maximum atomic E-state index is 12.9.